The van der Waals surface area contributed by atoms with Crippen LogP contribution < -0.4 is 4.72 Å². The molecule has 0 aromatic rings. The van der Waals surface area contributed by atoms with E-state index in [0.29, 0.717) is 18.6 Å². The Bertz CT molecular complexity index is 294. The summed E-state index contributed by atoms with van der Waals surface area (Å²) in [6.07, 6.45) is 8.36. The first-order chi connectivity index (χ1) is 7.01. The molecule has 88 valence electrons. The van der Waals surface area contributed by atoms with Gasteiger partial charge in [-0.15, -0.1) is 0 Å². The van der Waals surface area contributed by atoms with Crippen molar-refractivity contribution in [2.75, 3.05) is 6.26 Å². The fourth-order valence-electron chi connectivity index (χ4n) is 2.19. The quantitative estimate of drug-likeness (QED) is 0.723. The molecule has 5 heteroatoms. The van der Waals surface area contributed by atoms with Crippen LogP contribution in [0.25, 0.3) is 0 Å². The summed E-state index contributed by atoms with van der Waals surface area (Å²) in [6.45, 7) is 0. The summed E-state index contributed by atoms with van der Waals surface area (Å²) in [7, 11) is -3.27. The van der Waals surface area contributed by atoms with Gasteiger partial charge in [0.1, 0.15) is 6.29 Å². The minimum Gasteiger partial charge on any atom is -0.302 e. The zero-order valence-electron chi connectivity index (χ0n) is 9.11. The molecule has 1 rings (SSSR count). The largest absolute Gasteiger partial charge is 0.302 e. The summed E-state index contributed by atoms with van der Waals surface area (Å²) in [5, 5.41) is 0. The molecule has 1 unspecified atom stereocenters. The lowest BCUT2D eigenvalue weighted by Crippen LogP contribution is -2.37. The van der Waals surface area contributed by atoms with Crippen molar-refractivity contribution in [1.29, 1.82) is 0 Å². The minimum absolute atomic E-state index is 0.503. The third-order valence-electron chi connectivity index (χ3n) is 2.84. The Morgan fingerprint density at radius 3 is 2.40 bits per heavy atom. The maximum absolute atomic E-state index is 11.0. The van der Waals surface area contributed by atoms with Crippen molar-refractivity contribution in [3.05, 3.63) is 0 Å². The lowest BCUT2D eigenvalue weighted by Gasteiger charge is -2.23. The van der Waals surface area contributed by atoms with Crippen molar-refractivity contribution < 1.29 is 13.2 Å². The maximum atomic E-state index is 11.0. The molecular weight excluding hydrogens is 214 g/mol. The van der Waals surface area contributed by atoms with Crippen LogP contribution in [0.1, 0.15) is 38.5 Å². The highest BCUT2D eigenvalue weighted by Crippen LogP contribution is 2.27. The second-order valence-electron chi connectivity index (χ2n) is 4.37. The summed E-state index contributed by atoms with van der Waals surface area (Å²) < 4.78 is 24.3. The van der Waals surface area contributed by atoms with E-state index >= 15 is 0 Å². The highest BCUT2D eigenvalue weighted by atomic mass is 32.2. The number of aldehydes is 1. The fourth-order valence-corrected chi connectivity index (χ4v) is 2.89. The molecule has 1 fully saturated rings. The van der Waals surface area contributed by atoms with Gasteiger partial charge in [-0.2, -0.15) is 0 Å². The first kappa shape index (κ1) is 12.6. The first-order valence-electron chi connectivity index (χ1n) is 5.44. The highest BCUT2D eigenvalue weighted by molar-refractivity contribution is 7.88. The number of hydrogen-bond donors (Lipinski definition) is 1. The van der Waals surface area contributed by atoms with Crippen LogP contribution in [0.5, 0.6) is 0 Å². The molecule has 0 aromatic heterocycles. The second kappa shape index (κ2) is 5.61. The fraction of sp³-hybridized carbons (Fsp3) is 0.900. The van der Waals surface area contributed by atoms with Crippen molar-refractivity contribution >= 4 is 16.3 Å². The van der Waals surface area contributed by atoms with E-state index in [2.05, 4.69) is 4.72 Å². The third kappa shape index (κ3) is 5.28. The topological polar surface area (TPSA) is 63.2 Å². The van der Waals surface area contributed by atoms with Crippen LogP contribution in [0.3, 0.4) is 0 Å². The molecule has 0 aromatic carbocycles. The van der Waals surface area contributed by atoms with Crippen LogP contribution in [0.2, 0.25) is 0 Å². The number of sulfonamides is 1. The monoisotopic (exact) mass is 233 g/mol. The molecule has 0 aliphatic heterocycles. The van der Waals surface area contributed by atoms with E-state index < -0.39 is 16.1 Å². The molecule has 0 amide bonds. The molecular formula is C10H19NO3S. The van der Waals surface area contributed by atoms with E-state index in [4.69, 9.17) is 0 Å². The Kier molecular flexibility index (Phi) is 4.73. The van der Waals surface area contributed by atoms with Crippen LogP contribution in [0.15, 0.2) is 0 Å². The molecule has 1 saturated carbocycles. The summed E-state index contributed by atoms with van der Waals surface area (Å²) in [6, 6.07) is -0.539. The molecule has 0 radical (unpaired) electrons. The van der Waals surface area contributed by atoms with Gasteiger partial charge in [-0.1, -0.05) is 32.1 Å². The van der Waals surface area contributed by atoms with Crippen LogP contribution in [-0.4, -0.2) is 27.0 Å². The van der Waals surface area contributed by atoms with E-state index in [-0.39, 0.29) is 0 Å². The SMILES string of the molecule is CS(=O)(=O)NC(C=O)CC1CCCCC1. The van der Waals surface area contributed by atoms with Crippen molar-refractivity contribution in [1.82, 2.24) is 4.72 Å². The Hall–Kier alpha value is -0.420. The summed E-state index contributed by atoms with van der Waals surface area (Å²) >= 11 is 0. The first-order valence-corrected chi connectivity index (χ1v) is 7.33. The minimum atomic E-state index is -3.27. The summed E-state index contributed by atoms with van der Waals surface area (Å²) in [4.78, 5) is 10.7. The molecule has 1 aliphatic rings. The van der Waals surface area contributed by atoms with E-state index in [0.717, 1.165) is 19.1 Å². The molecule has 4 nitrogen and oxygen atoms in total. The normalized spacial score (nSPS) is 21.1. The van der Waals surface area contributed by atoms with Crippen molar-refractivity contribution in [3.63, 3.8) is 0 Å². The number of carbonyl (C=O) groups excluding carboxylic acids is 1. The lowest BCUT2D eigenvalue weighted by atomic mass is 9.85. The molecule has 1 N–H and O–H groups in total. The van der Waals surface area contributed by atoms with Gasteiger partial charge in [0.05, 0.1) is 12.3 Å². The van der Waals surface area contributed by atoms with Crippen molar-refractivity contribution in [3.8, 4) is 0 Å². The molecule has 15 heavy (non-hydrogen) atoms. The standard InChI is InChI=1S/C10H19NO3S/c1-15(13,14)11-10(8-12)7-9-5-3-2-4-6-9/h8-11H,2-7H2,1H3. The second-order valence-corrected chi connectivity index (χ2v) is 6.15. The van der Waals surface area contributed by atoms with Gasteiger partial charge >= 0.3 is 0 Å². The molecule has 0 heterocycles. The van der Waals surface area contributed by atoms with Crippen LogP contribution >= 0.6 is 0 Å². The van der Waals surface area contributed by atoms with Crippen LogP contribution in [-0.2, 0) is 14.8 Å². The molecule has 1 aliphatic carbocycles. The number of hydrogen-bond acceptors (Lipinski definition) is 3. The zero-order valence-corrected chi connectivity index (χ0v) is 9.92. The van der Waals surface area contributed by atoms with E-state index in [9.17, 15) is 13.2 Å². The van der Waals surface area contributed by atoms with Gasteiger partial charge in [0.25, 0.3) is 0 Å². The average molecular weight is 233 g/mol. The maximum Gasteiger partial charge on any atom is 0.209 e. The van der Waals surface area contributed by atoms with Gasteiger partial charge in [-0.3, -0.25) is 0 Å². The Balaban J connectivity index is 2.42. The third-order valence-corrected chi connectivity index (χ3v) is 3.57. The number of nitrogens with one attached hydrogen (secondary N) is 1. The smallest absolute Gasteiger partial charge is 0.209 e. The van der Waals surface area contributed by atoms with E-state index in [1.54, 1.807) is 0 Å². The van der Waals surface area contributed by atoms with Crippen molar-refractivity contribution in [2.45, 2.75) is 44.6 Å². The summed E-state index contributed by atoms with van der Waals surface area (Å²) in [5.74, 6) is 0.503. The Labute approximate surface area is 91.5 Å². The van der Waals surface area contributed by atoms with Gasteiger partial charge < -0.3 is 4.79 Å². The van der Waals surface area contributed by atoms with Gasteiger partial charge in [-0.05, 0) is 12.3 Å². The molecule has 1 atom stereocenters. The van der Waals surface area contributed by atoms with Crippen LogP contribution in [0.4, 0.5) is 0 Å². The Morgan fingerprint density at radius 1 is 1.33 bits per heavy atom. The Morgan fingerprint density at radius 2 is 1.93 bits per heavy atom. The van der Waals surface area contributed by atoms with Gasteiger partial charge in [0.15, 0.2) is 0 Å². The van der Waals surface area contributed by atoms with Gasteiger partial charge in [0.2, 0.25) is 10.0 Å². The molecule has 0 saturated heterocycles. The zero-order chi connectivity index (χ0) is 11.3. The number of rotatable bonds is 5. The molecule has 0 bridgehead atoms. The molecule has 0 spiro atoms. The van der Waals surface area contributed by atoms with Crippen LogP contribution in [0, 0.1) is 5.92 Å². The highest BCUT2D eigenvalue weighted by Gasteiger charge is 2.20. The predicted molar refractivity (Wildman–Crippen MR) is 59.0 cm³/mol. The average Bonchev–Trinajstić information content (AvgIpc) is 2.16. The summed E-state index contributed by atoms with van der Waals surface area (Å²) in [5.41, 5.74) is 0. The lowest BCUT2D eigenvalue weighted by molar-refractivity contribution is -0.109. The number of carbonyl (C=O) groups is 1. The van der Waals surface area contributed by atoms with Crippen molar-refractivity contribution in [2.24, 2.45) is 5.92 Å². The van der Waals surface area contributed by atoms with E-state index in [1.807, 2.05) is 0 Å². The predicted octanol–water partition coefficient (Wildman–Crippen LogP) is 1.07. The van der Waals surface area contributed by atoms with Gasteiger partial charge in [0, 0.05) is 0 Å². The van der Waals surface area contributed by atoms with E-state index in [1.165, 1.54) is 19.3 Å². The van der Waals surface area contributed by atoms with Gasteiger partial charge in [-0.25, -0.2) is 13.1 Å².